The molecule has 1 unspecified atom stereocenters. The normalized spacial score (nSPS) is 11.9. The number of hydrogen-bond acceptors (Lipinski definition) is 4. The second-order valence-electron chi connectivity index (χ2n) is 5.36. The van der Waals surface area contributed by atoms with Crippen molar-refractivity contribution in [1.82, 2.24) is 5.32 Å². The van der Waals surface area contributed by atoms with Gasteiger partial charge in [0, 0.05) is 0 Å². The molecule has 0 aromatic heterocycles. The van der Waals surface area contributed by atoms with E-state index in [0.29, 0.717) is 19.6 Å². The van der Waals surface area contributed by atoms with E-state index in [1.165, 1.54) is 5.56 Å². The molecule has 0 bridgehead atoms. The third kappa shape index (κ3) is 5.75. The zero-order valence-corrected chi connectivity index (χ0v) is 13.4. The minimum Gasteiger partial charge on any atom is -0.508 e. The van der Waals surface area contributed by atoms with E-state index in [0.717, 1.165) is 12.0 Å². The fourth-order valence-corrected chi connectivity index (χ4v) is 2.38. The average Bonchev–Trinajstić information content (AvgIpc) is 2.57. The van der Waals surface area contributed by atoms with E-state index in [2.05, 4.69) is 17.4 Å². The molecule has 4 nitrogen and oxygen atoms in total. The second kappa shape index (κ2) is 8.96. The number of esters is 1. The van der Waals surface area contributed by atoms with Crippen LogP contribution in [-0.2, 0) is 22.4 Å². The highest BCUT2D eigenvalue weighted by Gasteiger charge is 2.19. The zero-order valence-electron chi connectivity index (χ0n) is 13.4. The van der Waals surface area contributed by atoms with Crippen LogP contribution in [0.2, 0.25) is 0 Å². The molecule has 0 aliphatic heterocycles. The molecule has 2 N–H and O–H groups in total. The van der Waals surface area contributed by atoms with Gasteiger partial charge in [-0.1, -0.05) is 42.5 Å². The molecule has 1 atom stereocenters. The lowest BCUT2D eigenvalue weighted by molar-refractivity contribution is -0.145. The van der Waals surface area contributed by atoms with E-state index in [9.17, 15) is 9.90 Å². The van der Waals surface area contributed by atoms with Crippen LogP contribution in [0.25, 0.3) is 0 Å². The lowest BCUT2D eigenvalue weighted by Crippen LogP contribution is -2.40. The van der Waals surface area contributed by atoms with Gasteiger partial charge in [0.15, 0.2) is 0 Å². The van der Waals surface area contributed by atoms with Crippen LogP contribution in [-0.4, -0.2) is 30.3 Å². The topological polar surface area (TPSA) is 58.6 Å². The van der Waals surface area contributed by atoms with Gasteiger partial charge >= 0.3 is 5.97 Å². The highest BCUT2D eigenvalue weighted by Crippen LogP contribution is 2.12. The van der Waals surface area contributed by atoms with Crippen LogP contribution < -0.4 is 5.32 Å². The molecule has 0 amide bonds. The molecule has 0 fully saturated rings. The summed E-state index contributed by atoms with van der Waals surface area (Å²) >= 11 is 0. The Morgan fingerprint density at radius 1 is 1.09 bits per heavy atom. The van der Waals surface area contributed by atoms with Crippen molar-refractivity contribution in [2.75, 3.05) is 13.2 Å². The smallest absolute Gasteiger partial charge is 0.323 e. The quantitative estimate of drug-likeness (QED) is 0.736. The second-order valence-corrected chi connectivity index (χ2v) is 5.36. The maximum Gasteiger partial charge on any atom is 0.323 e. The predicted octanol–water partition coefficient (Wildman–Crippen LogP) is 2.70. The summed E-state index contributed by atoms with van der Waals surface area (Å²) in [6.07, 6.45) is 1.39. The fraction of sp³-hybridized carbons (Fsp3) is 0.316. The van der Waals surface area contributed by atoms with Crippen LogP contribution in [0.15, 0.2) is 54.6 Å². The number of hydrogen-bond donors (Lipinski definition) is 2. The minimum absolute atomic E-state index is 0.221. The summed E-state index contributed by atoms with van der Waals surface area (Å²) in [4.78, 5) is 12.1. The number of benzene rings is 2. The molecule has 122 valence electrons. The highest BCUT2D eigenvalue weighted by atomic mass is 16.5. The first-order valence-electron chi connectivity index (χ1n) is 7.91. The maximum absolute atomic E-state index is 12.1. The highest BCUT2D eigenvalue weighted by molar-refractivity contribution is 5.76. The molecule has 0 aliphatic carbocycles. The van der Waals surface area contributed by atoms with Gasteiger partial charge in [-0.15, -0.1) is 0 Å². The van der Waals surface area contributed by atoms with E-state index in [4.69, 9.17) is 4.74 Å². The van der Waals surface area contributed by atoms with Crippen molar-refractivity contribution in [2.24, 2.45) is 0 Å². The Balaban J connectivity index is 1.93. The van der Waals surface area contributed by atoms with E-state index >= 15 is 0 Å². The number of carbonyl (C=O) groups excluding carboxylic acids is 1. The molecule has 2 aromatic carbocycles. The number of phenolic OH excluding ortho intramolecular Hbond substituents is 1. The minimum atomic E-state index is -0.386. The summed E-state index contributed by atoms with van der Waals surface area (Å²) in [5.41, 5.74) is 2.21. The molecular formula is C19H23NO3. The van der Waals surface area contributed by atoms with Crippen molar-refractivity contribution < 1.29 is 14.6 Å². The van der Waals surface area contributed by atoms with Crippen LogP contribution in [0.3, 0.4) is 0 Å². The summed E-state index contributed by atoms with van der Waals surface area (Å²) in [6, 6.07) is 16.7. The number of aromatic hydroxyl groups is 1. The molecule has 2 rings (SSSR count). The van der Waals surface area contributed by atoms with E-state index in [1.807, 2.05) is 30.3 Å². The Bertz CT molecular complexity index is 596. The predicted molar refractivity (Wildman–Crippen MR) is 90.4 cm³/mol. The Morgan fingerprint density at radius 2 is 1.78 bits per heavy atom. The molecule has 0 aliphatic rings. The van der Waals surface area contributed by atoms with Gasteiger partial charge in [0.25, 0.3) is 0 Å². The van der Waals surface area contributed by atoms with Gasteiger partial charge in [0.05, 0.1) is 6.61 Å². The first kappa shape index (κ1) is 17.0. The van der Waals surface area contributed by atoms with Crippen LogP contribution in [0.1, 0.15) is 18.1 Å². The Morgan fingerprint density at radius 3 is 2.43 bits per heavy atom. The van der Waals surface area contributed by atoms with Crippen molar-refractivity contribution >= 4 is 5.97 Å². The largest absolute Gasteiger partial charge is 0.508 e. The van der Waals surface area contributed by atoms with Gasteiger partial charge in [0.2, 0.25) is 0 Å². The van der Waals surface area contributed by atoms with Gasteiger partial charge < -0.3 is 15.2 Å². The Labute approximate surface area is 137 Å². The van der Waals surface area contributed by atoms with Crippen molar-refractivity contribution in [3.63, 3.8) is 0 Å². The average molecular weight is 313 g/mol. The first-order valence-corrected chi connectivity index (χ1v) is 7.91. The van der Waals surface area contributed by atoms with Crippen LogP contribution in [0.5, 0.6) is 5.75 Å². The summed E-state index contributed by atoms with van der Waals surface area (Å²) in [7, 11) is 0. The van der Waals surface area contributed by atoms with Crippen LogP contribution >= 0.6 is 0 Å². The summed E-state index contributed by atoms with van der Waals surface area (Å²) in [6.45, 7) is 2.87. The molecule has 0 saturated heterocycles. The summed E-state index contributed by atoms with van der Waals surface area (Å²) < 4.78 is 5.15. The SMILES string of the molecule is CCOC(=O)C(Cc1ccc(O)cc1)NCCc1ccccc1. The van der Waals surface area contributed by atoms with Crippen LogP contribution in [0.4, 0.5) is 0 Å². The number of carbonyl (C=O) groups is 1. The first-order chi connectivity index (χ1) is 11.2. The van der Waals surface area contributed by atoms with E-state index in [1.54, 1.807) is 19.1 Å². The van der Waals surface area contributed by atoms with Gasteiger partial charge in [-0.25, -0.2) is 0 Å². The molecule has 4 heteroatoms. The van der Waals surface area contributed by atoms with Gasteiger partial charge in [-0.05, 0) is 49.6 Å². The summed E-state index contributed by atoms with van der Waals surface area (Å²) in [5.74, 6) is -0.0212. The lowest BCUT2D eigenvalue weighted by atomic mass is 10.1. The molecule has 0 heterocycles. The van der Waals surface area contributed by atoms with Crippen molar-refractivity contribution in [1.29, 1.82) is 0 Å². The maximum atomic E-state index is 12.1. The number of ether oxygens (including phenoxy) is 1. The number of phenols is 1. The molecule has 23 heavy (non-hydrogen) atoms. The molecular weight excluding hydrogens is 290 g/mol. The zero-order chi connectivity index (χ0) is 16.5. The number of nitrogens with one attached hydrogen (secondary N) is 1. The van der Waals surface area contributed by atoms with Gasteiger partial charge in [-0.2, -0.15) is 0 Å². The standard InChI is InChI=1S/C19H23NO3/c1-2-23-19(22)18(14-16-8-10-17(21)11-9-16)20-13-12-15-6-4-3-5-7-15/h3-11,18,20-21H,2,12-14H2,1H3. The molecule has 2 aromatic rings. The van der Waals surface area contributed by atoms with Crippen molar-refractivity contribution in [2.45, 2.75) is 25.8 Å². The van der Waals surface area contributed by atoms with Gasteiger partial charge in [0.1, 0.15) is 11.8 Å². The number of rotatable bonds is 8. The molecule has 0 radical (unpaired) electrons. The lowest BCUT2D eigenvalue weighted by Gasteiger charge is -2.17. The van der Waals surface area contributed by atoms with E-state index < -0.39 is 0 Å². The third-order valence-corrected chi connectivity index (χ3v) is 3.59. The molecule has 0 spiro atoms. The Kier molecular flexibility index (Phi) is 6.63. The monoisotopic (exact) mass is 313 g/mol. The van der Waals surface area contributed by atoms with Gasteiger partial charge in [-0.3, -0.25) is 4.79 Å². The van der Waals surface area contributed by atoms with Crippen molar-refractivity contribution in [3.05, 3.63) is 65.7 Å². The fourth-order valence-electron chi connectivity index (χ4n) is 2.38. The van der Waals surface area contributed by atoms with Crippen LogP contribution in [0, 0.1) is 0 Å². The van der Waals surface area contributed by atoms with Crippen molar-refractivity contribution in [3.8, 4) is 5.75 Å². The van der Waals surface area contributed by atoms with E-state index in [-0.39, 0.29) is 17.8 Å². The molecule has 0 saturated carbocycles. The third-order valence-electron chi connectivity index (χ3n) is 3.59. The summed E-state index contributed by atoms with van der Waals surface area (Å²) in [5, 5.41) is 12.6. The Hall–Kier alpha value is -2.33.